The summed E-state index contributed by atoms with van der Waals surface area (Å²) in [6, 6.07) is 0. The summed E-state index contributed by atoms with van der Waals surface area (Å²) in [4.78, 5) is 0. The van der Waals surface area contributed by atoms with Gasteiger partial charge in [-0.15, -0.1) is 0 Å². The van der Waals surface area contributed by atoms with E-state index < -0.39 is 0 Å². The fourth-order valence-electron chi connectivity index (χ4n) is 2.68. The zero-order valence-electron chi connectivity index (χ0n) is 7.75. The van der Waals surface area contributed by atoms with Crippen molar-refractivity contribution in [2.45, 2.75) is 50.7 Å². The predicted molar refractivity (Wildman–Crippen MR) is 46.9 cm³/mol. The number of epoxide rings is 1. The molecule has 3 unspecified atom stereocenters. The minimum Gasteiger partial charge on any atom is -0.396 e. The van der Waals surface area contributed by atoms with Gasteiger partial charge < -0.3 is 9.84 Å². The molecule has 2 heteroatoms. The van der Waals surface area contributed by atoms with Crippen molar-refractivity contribution in [1.29, 1.82) is 0 Å². The Morgan fingerprint density at radius 1 is 1.58 bits per heavy atom. The lowest BCUT2D eigenvalue weighted by atomic mass is 9.79. The Hall–Kier alpha value is -0.0800. The second-order valence-corrected chi connectivity index (χ2v) is 4.09. The lowest BCUT2D eigenvalue weighted by Gasteiger charge is -2.24. The van der Waals surface area contributed by atoms with Crippen LogP contribution in [0, 0.1) is 5.92 Å². The van der Waals surface area contributed by atoms with E-state index in [9.17, 15) is 5.11 Å². The number of hydrogen-bond acceptors (Lipinski definition) is 2. The third kappa shape index (κ3) is 1.09. The summed E-state index contributed by atoms with van der Waals surface area (Å²) in [5.41, 5.74) is 0.113. The summed E-state index contributed by atoms with van der Waals surface area (Å²) in [5, 5.41) is 9.19. The fraction of sp³-hybridized carbons (Fsp3) is 1.00. The Morgan fingerprint density at radius 3 is 3.00 bits per heavy atom. The zero-order valence-corrected chi connectivity index (χ0v) is 7.75. The van der Waals surface area contributed by atoms with Crippen molar-refractivity contribution in [3.63, 3.8) is 0 Å². The molecule has 2 rings (SSSR count). The first-order chi connectivity index (χ1) is 5.83. The van der Waals surface area contributed by atoms with E-state index in [1.54, 1.807) is 0 Å². The van der Waals surface area contributed by atoms with E-state index >= 15 is 0 Å². The minimum atomic E-state index is 0.113. The van der Waals surface area contributed by atoms with Crippen molar-refractivity contribution < 1.29 is 9.84 Å². The van der Waals surface area contributed by atoms with Crippen LogP contribution in [-0.2, 0) is 4.74 Å². The van der Waals surface area contributed by atoms with Crippen LogP contribution in [0.1, 0.15) is 39.0 Å². The Morgan fingerprint density at radius 2 is 2.42 bits per heavy atom. The normalized spacial score (nSPS) is 42.0. The molecule has 1 aliphatic carbocycles. The van der Waals surface area contributed by atoms with Crippen molar-refractivity contribution in [3.05, 3.63) is 0 Å². The highest BCUT2D eigenvalue weighted by Crippen LogP contribution is 2.53. The summed E-state index contributed by atoms with van der Waals surface area (Å²) < 4.78 is 5.75. The number of fused-ring (bicyclic) bond motifs is 1. The molecule has 2 aliphatic rings. The molecule has 12 heavy (non-hydrogen) atoms. The molecule has 1 heterocycles. The van der Waals surface area contributed by atoms with E-state index in [4.69, 9.17) is 4.74 Å². The SMILES string of the molecule is CCC(CO)C12CCCCC1O2. The summed E-state index contributed by atoms with van der Waals surface area (Å²) in [6.07, 6.45) is 6.53. The quantitative estimate of drug-likeness (QED) is 0.654. The zero-order chi connectivity index (χ0) is 8.60. The van der Waals surface area contributed by atoms with E-state index in [0.29, 0.717) is 18.6 Å². The molecule has 1 aliphatic heterocycles. The monoisotopic (exact) mass is 170 g/mol. The number of hydrogen-bond donors (Lipinski definition) is 1. The van der Waals surface area contributed by atoms with Crippen LogP contribution in [0.3, 0.4) is 0 Å². The van der Waals surface area contributed by atoms with Crippen molar-refractivity contribution >= 4 is 0 Å². The van der Waals surface area contributed by atoms with Crippen LogP contribution in [0.25, 0.3) is 0 Å². The first-order valence-corrected chi connectivity index (χ1v) is 5.12. The van der Waals surface area contributed by atoms with Crippen LogP contribution in [0.5, 0.6) is 0 Å². The highest BCUT2D eigenvalue weighted by molar-refractivity contribution is 5.08. The van der Waals surface area contributed by atoms with Gasteiger partial charge in [-0.25, -0.2) is 0 Å². The number of aliphatic hydroxyl groups excluding tert-OH is 1. The van der Waals surface area contributed by atoms with Gasteiger partial charge in [0.25, 0.3) is 0 Å². The maximum Gasteiger partial charge on any atom is 0.0998 e. The fourth-order valence-corrected chi connectivity index (χ4v) is 2.68. The number of ether oxygens (including phenoxy) is 1. The van der Waals surface area contributed by atoms with Gasteiger partial charge in [0.2, 0.25) is 0 Å². The predicted octanol–water partition coefficient (Wildman–Crippen LogP) is 1.72. The summed E-state index contributed by atoms with van der Waals surface area (Å²) in [6.45, 7) is 2.44. The molecule has 1 saturated carbocycles. The maximum atomic E-state index is 9.19. The smallest absolute Gasteiger partial charge is 0.0998 e. The molecule has 2 nitrogen and oxygen atoms in total. The first kappa shape index (κ1) is 8.52. The van der Waals surface area contributed by atoms with E-state index in [1.807, 2.05) is 0 Å². The second-order valence-electron chi connectivity index (χ2n) is 4.09. The molecule has 0 radical (unpaired) electrons. The molecule has 3 atom stereocenters. The van der Waals surface area contributed by atoms with Gasteiger partial charge in [0.15, 0.2) is 0 Å². The maximum absolute atomic E-state index is 9.19. The molecule has 0 amide bonds. The van der Waals surface area contributed by atoms with E-state index in [-0.39, 0.29) is 5.60 Å². The Labute approximate surface area is 73.9 Å². The molecule has 1 N–H and O–H groups in total. The highest BCUT2D eigenvalue weighted by Gasteiger charge is 2.60. The lowest BCUT2D eigenvalue weighted by molar-refractivity contribution is 0.123. The number of aliphatic hydroxyl groups is 1. The third-order valence-corrected chi connectivity index (χ3v) is 3.54. The van der Waals surface area contributed by atoms with Gasteiger partial charge in [0.1, 0.15) is 0 Å². The van der Waals surface area contributed by atoms with Crippen molar-refractivity contribution in [1.82, 2.24) is 0 Å². The Bertz CT molecular complexity index is 165. The minimum absolute atomic E-state index is 0.113. The van der Waals surface area contributed by atoms with Crippen LogP contribution >= 0.6 is 0 Å². The van der Waals surface area contributed by atoms with E-state index in [1.165, 1.54) is 25.7 Å². The van der Waals surface area contributed by atoms with Gasteiger partial charge in [0, 0.05) is 12.5 Å². The molecule has 0 aromatic heterocycles. The van der Waals surface area contributed by atoms with E-state index in [0.717, 1.165) is 6.42 Å². The molecule has 70 valence electrons. The largest absolute Gasteiger partial charge is 0.396 e. The summed E-state index contributed by atoms with van der Waals surface area (Å²) >= 11 is 0. The van der Waals surface area contributed by atoms with Crippen molar-refractivity contribution in [2.24, 2.45) is 5.92 Å². The van der Waals surface area contributed by atoms with E-state index in [2.05, 4.69) is 6.92 Å². The molecular weight excluding hydrogens is 152 g/mol. The molecular formula is C10H18O2. The van der Waals surface area contributed by atoms with Gasteiger partial charge in [-0.1, -0.05) is 19.8 Å². The van der Waals surface area contributed by atoms with Crippen LogP contribution < -0.4 is 0 Å². The number of rotatable bonds is 3. The third-order valence-electron chi connectivity index (χ3n) is 3.54. The lowest BCUT2D eigenvalue weighted by Crippen LogP contribution is -2.31. The van der Waals surface area contributed by atoms with Gasteiger partial charge in [-0.05, 0) is 19.3 Å². The second kappa shape index (κ2) is 3.00. The van der Waals surface area contributed by atoms with Crippen LogP contribution in [0.2, 0.25) is 0 Å². The van der Waals surface area contributed by atoms with Gasteiger partial charge in [0.05, 0.1) is 11.7 Å². The average Bonchev–Trinajstić information content (AvgIpc) is 2.81. The molecule has 2 fully saturated rings. The van der Waals surface area contributed by atoms with Gasteiger partial charge in [-0.3, -0.25) is 0 Å². The van der Waals surface area contributed by atoms with Crippen molar-refractivity contribution in [3.8, 4) is 0 Å². The van der Waals surface area contributed by atoms with Gasteiger partial charge >= 0.3 is 0 Å². The average molecular weight is 170 g/mol. The summed E-state index contributed by atoms with van der Waals surface area (Å²) in [5.74, 6) is 0.391. The summed E-state index contributed by atoms with van der Waals surface area (Å²) in [7, 11) is 0. The first-order valence-electron chi connectivity index (χ1n) is 5.12. The van der Waals surface area contributed by atoms with Crippen molar-refractivity contribution in [2.75, 3.05) is 6.61 Å². The Balaban J connectivity index is 2.01. The van der Waals surface area contributed by atoms with Gasteiger partial charge in [-0.2, -0.15) is 0 Å². The van der Waals surface area contributed by atoms with Crippen LogP contribution in [0.15, 0.2) is 0 Å². The molecule has 0 spiro atoms. The molecule has 0 bridgehead atoms. The Kier molecular flexibility index (Phi) is 2.13. The standard InChI is InChI=1S/C10H18O2/c1-2-8(7-11)10-6-4-3-5-9(10)12-10/h8-9,11H,2-7H2,1H3. The van der Waals surface area contributed by atoms with Crippen LogP contribution in [-0.4, -0.2) is 23.4 Å². The molecule has 0 aromatic rings. The van der Waals surface area contributed by atoms with Crippen LogP contribution in [0.4, 0.5) is 0 Å². The molecule has 1 saturated heterocycles. The molecule has 0 aromatic carbocycles. The topological polar surface area (TPSA) is 32.8 Å². The highest BCUT2D eigenvalue weighted by atomic mass is 16.6.